The number of hydrogen-bond donors (Lipinski definition) is 3. The van der Waals surface area contributed by atoms with E-state index in [1.165, 1.54) is 7.11 Å². The topological polar surface area (TPSA) is 123 Å². The first-order valence-electron chi connectivity index (χ1n) is 12.7. The quantitative estimate of drug-likeness (QED) is 0.388. The molecule has 0 saturated heterocycles. The predicted octanol–water partition coefficient (Wildman–Crippen LogP) is 3.16. The van der Waals surface area contributed by atoms with Crippen LogP contribution in [0.1, 0.15) is 45.7 Å². The molecule has 3 amide bonds. The number of ether oxygens (including phenoxy) is 2. The first-order chi connectivity index (χ1) is 17.9. The van der Waals surface area contributed by atoms with Crippen LogP contribution < -0.4 is 16.0 Å². The van der Waals surface area contributed by atoms with Gasteiger partial charge >= 0.3 is 12.1 Å². The van der Waals surface area contributed by atoms with Gasteiger partial charge < -0.3 is 25.4 Å². The third kappa shape index (κ3) is 10.2. The van der Waals surface area contributed by atoms with Crippen LogP contribution in [0.2, 0.25) is 0 Å². The fourth-order valence-corrected chi connectivity index (χ4v) is 3.75. The van der Waals surface area contributed by atoms with E-state index in [4.69, 9.17) is 9.47 Å². The SMILES string of the molecule is COC(=O)[C@H](Cc1ccccc1)NC(=O)[C@@H](Cc1ccccc1)NC(=O)[C@@H](NC(=O)OC(C)(C)C)C(C)C. The van der Waals surface area contributed by atoms with Crippen molar-refractivity contribution in [1.82, 2.24) is 16.0 Å². The van der Waals surface area contributed by atoms with Gasteiger partial charge in [0.25, 0.3) is 0 Å². The number of carbonyl (C=O) groups is 4. The fraction of sp³-hybridized carbons (Fsp3) is 0.448. The molecule has 9 nitrogen and oxygen atoms in total. The molecule has 206 valence electrons. The van der Waals surface area contributed by atoms with Crippen LogP contribution in [0.5, 0.6) is 0 Å². The van der Waals surface area contributed by atoms with Crippen LogP contribution in [0.3, 0.4) is 0 Å². The molecule has 0 heterocycles. The van der Waals surface area contributed by atoms with Crippen molar-refractivity contribution in [2.75, 3.05) is 7.11 Å². The number of esters is 1. The van der Waals surface area contributed by atoms with E-state index in [-0.39, 0.29) is 18.8 Å². The van der Waals surface area contributed by atoms with Crippen molar-refractivity contribution in [1.29, 1.82) is 0 Å². The normalized spacial score (nSPS) is 13.6. The summed E-state index contributed by atoms with van der Waals surface area (Å²) >= 11 is 0. The molecule has 0 aromatic heterocycles. The summed E-state index contributed by atoms with van der Waals surface area (Å²) in [6.07, 6.45) is -0.335. The van der Waals surface area contributed by atoms with Crippen molar-refractivity contribution >= 4 is 23.9 Å². The third-order valence-corrected chi connectivity index (χ3v) is 5.62. The van der Waals surface area contributed by atoms with Crippen molar-refractivity contribution in [3.05, 3.63) is 71.8 Å². The molecule has 2 rings (SSSR count). The lowest BCUT2D eigenvalue weighted by atomic mass is 10.0. The molecule has 0 aliphatic carbocycles. The van der Waals surface area contributed by atoms with Crippen molar-refractivity contribution in [3.8, 4) is 0 Å². The number of methoxy groups -OCH3 is 1. The van der Waals surface area contributed by atoms with Crippen LogP contribution in [0, 0.1) is 5.92 Å². The van der Waals surface area contributed by atoms with Gasteiger partial charge in [0.05, 0.1) is 7.11 Å². The zero-order chi connectivity index (χ0) is 28.3. The van der Waals surface area contributed by atoms with Crippen molar-refractivity contribution < 1.29 is 28.7 Å². The molecule has 3 N–H and O–H groups in total. The number of carbonyl (C=O) groups excluding carboxylic acids is 4. The number of alkyl carbamates (subject to hydrolysis) is 1. The second-order valence-electron chi connectivity index (χ2n) is 10.4. The minimum atomic E-state index is -1.02. The van der Waals surface area contributed by atoms with Gasteiger partial charge in [-0.25, -0.2) is 9.59 Å². The Morgan fingerprint density at radius 1 is 0.737 bits per heavy atom. The van der Waals surface area contributed by atoms with E-state index in [2.05, 4.69) is 16.0 Å². The smallest absolute Gasteiger partial charge is 0.408 e. The number of rotatable bonds is 11. The Kier molecular flexibility index (Phi) is 11.3. The molecule has 0 aliphatic rings. The number of amides is 3. The van der Waals surface area contributed by atoms with E-state index in [1.54, 1.807) is 34.6 Å². The molecule has 2 aromatic carbocycles. The van der Waals surface area contributed by atoms with Gasteiger partial charge in [0.15, 0.2) is 0 Å². The maximum atomic E-state index is 13.5. The summed E-state index contributed by atoms with van der Waals surface area (Å²) in [4.78, 5) is 51.6. The highest BCUT2D eigenvalue weighted by atomic mass is 16.6. The minimum Gasteiger partial charge on any atom is -0.467 e. The highest BCUT2D eigenvalue weighted by Crippen LogP contribution is 2.11. The van der Waals surface area contributed by atoms with Gasteiger partial charge in [-0.05, 0) is 37.8 Å². The van der Waals surface area contributed by atoms with Crippen LogP contribution in [0.4, 0.5) is 4.79 Å². The summed E-state index contributed by atoms with van der Waals surface area (Å²) in [5, 5.41) is 8.11. The van der Waals surface area contributed by atoms with Gasteiger partial charge in [0.2, 0.25) is 11.8 Å². The van der Waals surface area contributed by atoms with E-state index >= 15 is 0 Å². The lowest BCUT2D eigenvalue weighted by Gasteiger charge is -2.27. The Bertz CT molecular complexity index is 1070. The summed E-state index contributed by atoms with van der Waals surface area (Å²) in [5.74, 6) is -1.98. The predicted molar refractivity (Wildman–Crippen MR) is 144 cm³/mol. The van der Waals surface area contributed by atoms with Crippen LogP contribution in [0.15, 0.2) is 60.7 Å². The zero-order valence-corrected chi connectivity index (χ0v) is 22.9. The van der Waals surface area contributed by atoms with Gasteiger partial charge in [-0.2, -0.15) is 0 Å². The first kappa shape index (κ1) is 30.3. The van der Waals surface area contributed by atoms with Gasteiger partial charge in [-0.1, -0.05) is 74.5 Å². The van der Waals surface area contributed by atoms with Gasteiger partial charge in [-0.15, -0.1) is 0 Å². The molecule has 0 aliphatic heterocycles. The van der Waals surface area contributed by atoms with Crippen molar-refractivity contribution in [3.63, 3.8) is 0 Å². The molecular formula is C29H39N3O6. The van der Waals surface area contributed by atoms with Gasteiger partial charge in [0.1, 0.15) is 23.7 Å². The van der Waals surface area contributed by atoms with E-state index < -0.39 is 47.6 Å². The van der Waals surface area contributed by atoms with Crippen LogP contribution >= 0.6 is 0 Å². The monoisotopic (exact) mass is 525 g/mol. The summed E-state index contributed by atoms with van der Waals surface area (Å²) in [5.41, 5.74) is 0.916. The number of nitrogens with one attached hydrogen (secondary N) is 3. The second-order valence-corrected chi connectivity index (χ2v) is 10.4. The lowest BCUT2D eigenvalue weighted by molar-refractivity contribution is -0.145. The van der Waals surface area contributed by atoms with E-state index in [0.717, 1.165) is 11.1 Å². The summed E-state index contributed by atoms with van der Waals surface area (Å²) in [6, 6.07) is 15.5. The molecule has 2 aromatic rings. The maximum absolute atomic E-state index is 13.5. The Balaban J connectivity index is 2.25. The molecule has 0 unspecified atom stereocenters. The van der Waals surface area contributed by atoms with E-state index in [0.29, 0.717) is 0 Å². The first-order valence-corrected chi connectivity index (χ1v) is 12.7. The fourth-order valence-electron chi connectivity index (χ4n) is 3.75. The zero-order valence-electron chi connectivity index (χ0n) is 22.9. The molecule has 0 spiro atoms. The Morgan fingerprint density at radius 2 is 1.21 bits per heavy atom. The van der Waals surface area contributed by atoms with Crippen molar-refractivity contribution in [2.45, 2.75) is 71.2 Å². The third-order valence-electron chi connectivity index (χ3n) is 5.62. The Morgan fingerprint density at radius 3 is 1.66 bits per heavy atom. The van der Waals surface area contributed by atoms with Crippen LogP contribution in [-0.2, 0) is 36.7 Å². The molecule has 0 bridgehead atoms. The molecule has 9 heteroatoms. The van der Waals surface area contributed by atoms with E-state index in [1.807, 2.05) is 60.7 Å². The number of benzene rings is 2. The molecular weight excluding hydrogens is 486 g/mol. The van der Waals surface area contributed by atoms with Crippen LogP contribution in [-0.4, -0.2) is 54.7 Å². The molecule has 0 radical (unpaired) electrons. The van der Waals surface area contributed by atoms with Gasteiger partial charge in [0, 0.05) is 12.8 Å². The minimum absolute atomic E-state index is 0.175. The summed E-state index contributed by atoms with van der Waals surface area (Å²) in [6.45, 7) is 8.74. The average Bonchev–Trinajstić information content (AvgIpc) is 2.85. The molecule has 0 saturated carbocycles. The van der Waals surface area contributed by atoms with Crippen LogP contribution in [0.25, 0.3) is 0 Å². The maximum Gasteiger partial charge on any atom is 0.408 e. The molecule has 38 heavy (non-hydrogen) atoms. The standard InChI is InChI=1S/C29H39N3O6/c1-19(2)24(32-28(36)38-29(3,4)5)26(34)30-22(17-20-13-9-7-10-14-20)25(33)31-23(27(35)37-6)18-21-15-11-8-12-16-21/h7-16,19,22-24H,17-18H2,1-6H3,(H,30,34)(H,31,33)(H,32,36)/t22-,23+,24+/m1/s1. The van der Waals surface area contributed by atoms with E-state index in [9.17, 15) is 19.2 Å². The highest BCUT2D eigenvalue weighted by Gasteiger charge is 2.32. The lowest BCUT2D eigenvalue weighted by Crippen LogP contribution is -2.58. The second kappa shape index (κ2) is 14.2. The Labute approximate surface area is 224 Å². The van der Waals surface area contributed by atoms with Gasteiger partial charge in [-0.3, -0.25) is 9.59 Å². The summed E-state index contributed by atoms with van der Waals surface area (Å²) < 4.78 is 10.2. The Hall–Kier alpha value is -3.88. The largest absolute Gasteiger partial charge is 0.467 e. The van der Waals surface area contributed by atoms with Crippen molar-refractivity contribution in [2.24, 2.45) is 5.92 Å². The highest BCUT2D eigenvalue weighted by molar-refractivity contribution is 5.93. The average molecular weight is 526 g/mol. The summed E-state index contributed by atoms with van der Waals surface area (Å²) in [7, 11) is 1.26. The number of hydrogen-bond acceptors (Lipinski definition) is 6. The molecule has 0 fully saturated rings. The molecule has 3 atom stereocenters.